The molecule has 1 aromatic heterocycles. The molecule has 128 valence electrons. The minimum atomic E-state index is -0.516. The van der Waals surface area contributed by atoms with Gasteiger partial charge in [0.1, 0.15) is 0 Å². The molecule has 0 unspecified atom stereocenters. The third-order valence-electron chi connectivity index (χ3n) is 2.88. The summed E-state index contributed by atoms with van der Waals surface area (Å²) in [5.74, 6) is 0.133. The molecule has 0 saturated carbocycles. The van der Waals surface area contributed by atoms with Crippen molar-refractivity contribution in [2.75, 3.05) is 26.1 Å². The van der Waals surface area contributed by atoms with E-state index in [1.807, 2.05) is 0 Å². The Morgan fingerprint density at radius 1 is 1.25 bits per heavy atom. The van der Waals surface area contributed by atoms with Crippen LogP contribution in [-0.4, -0.2) is 37.7 Å². The van der Waals surface area contributed by atoms with E-state index in [4.69, 9.17) is 14.2 Å². The lowest BCUT2D eigenvalue weighted by atomic mass is 10.1. The standard InChI is InChI=1S/C15H15BrN2O5S/c1-21-10-4-3-9(5-11(10)22-2)6-14(20)23-8-13(19)18-15-17-7-12(16)24-15/h3-5,7H,6,8H2,1-2H3,(H,17,18,19). The fourth-order valence-electron chi connectivity index (χ4n) is 1.82. The molecular formula is C15H15BrN2O5S. The maximum atomic E-state index is 11.8. The number of methoxy groups -OCH3 is 2. The Morgan fingerprint density at radius 3 is 2.62 bits per heavy atom. The molecule has 1 aromatic carbocycles. The zero-order chi connectivity index (χ0) is 17.5. The van der Waals surface area contributed by atoms with Gasteiger partial charge in [0.15, 0.2) is 23.2 Å². The van der Waals surface area contributed by atoms with Crippen molar-refractivity contribution in [3.63, 3.8) is 0 Å². The molecule has 0 saturated heterocycles. The van der Waals surface area contributed by atoms with E-state index in [0.717, 1.165) is 3.79 Å². The molecule has 1 N–H and O–H groups in total. The number of halogens is 1. The van der Waals surface area contributed by atoms with Crippen LogP contribution in [0.25, 0.3) is 0 Å². The Hall–Kier alpha value is -2.13. The highest BCUT2D eigenvalue weighted by Gasteiger charge is 2.12. The first-order valence-electron chi connectivity index (χ1n) is 6.79. The summed E-state index contributed by atoms with van der Waals surface area (Å²) in [5, 5.41) is 2.97. The highest BCUT2D eigenvalue weighted by molar-refractivity contribution is 9.11. The van der Waals surface area contributed by atoms with Crippen LogP contribution >= 0.6 is 27.3 Å². The average molecular weight is 415 g/mol. The molecular weight excluding hydrogens is 400 g/mol. The van der Waals surface area contributed by atoms with Crippen LogP contribution in [0.1, 0.15) is 5.56 Å². The molecule has 0 aliphatic rings. The van der Waals surface area contributed by atoms with Crippen LogP contribution in [-0.2, 0) is 20.7 Å². The Labute approximate surface area is 151 Å². The maximum Gasteiger partial charge on any atom is 0.310 e. The molecule has 1 amide bonds. The minimum Gasteiger partial charge on any atom is -0.493 e. The molecule has 0 aliphatic heterocycles. The first-order valence-corrected chi connectivity index (χ1v) is 8.40. The molecule has 7 nitrogen and oxygen atoms in total. The normalized spacial score (nSPS) is 10.1. The van der Waals surface area contributed by atoms with Crippen molar-refractivity contribution in [3.8, 4) is 11.5 Å². The topological polar surface area (TPSA) is 86.8 Å². The van der Waals surface area contributed by atoms with Crippen molar-refractivity contribution in [2.24, 2.45) is 0 Å². The number of carbonyl (C=O) groups is 2. The highest BCUT2D eigenvalue weighted by Crippen LogP contribution is 2.27. The predicted octanol–water partition coefficient (Wildman–Crippen LogP) is 2.65. The van der Waals surface area contributed by atoms with Crippen LogP contribution in [0.4, 0.5) is 5.13 Å². The molecule has 0 fully saturated rings. The van der Waals surface area contributed by atoms with E-state index in [1.165, 1.54) is 25.6 Å². The van der Waals surface area contributed by atoms with Crippen molar-refractivity contribution in [1.82, 2.24) is 4.98 Å². The number of thiazole rings is 1. The number of nitrogens with one attached hydrogen (secondary N) is 1. The van der Waals surface area contributed by atoms with E-state index in [9.17, 15) is 9.59 Å². The van der Waals surface area contributed by atoms with Crippen LogP contribution in [0.3, 0.4) is 0 Å². The number of anilines is 1. The first-order chi connectivity index (χ1) is 11.5. The third-order valence-corrected chi connectivity index (χ3v) is 4.28. The van der Waals surface area contributed by atoms with Crippen molar-refractivity contribution >= 4 is 44.3 Å². The number of aromatic nitrogens is 1. The molecule has 9 heteroatoms. The summed E-state index contributed by atoms with van der Waals surface area (Å²) >= 11 is 4.51. The van der Waals surface area contributed by atoms with Crippen molar-refractivity contribution in [2.45, 2.75) is 6.42 Å². The van der Waals surface area contributed by atoms with Gasteiger partial charge in [-0.3, -0.25) is 14.9 Å². The number of nitrogens with zero attached hydrogens (tertiary/aromatic N) is 1. The monoisotopic (exact) mass is 414 g/mol. The van der Waals surface area contributed by atoms with Gasteiger partial charge in [0, 0.05) is 0 Å². The fourth-order valence-corrected chi connectivity index (χ4v) is 2.94. The van der Waals surface area contributed by atoms with Crippen LogP contribution in [0, 0.1) is 0 Å². The first kappa shape index (κ1) is 18.2. The minimum absolute atomic E-state index is 0.0242. The second-order valence-electron chi connectivity index (χ2n) is 4.54. The van der Waals surface area contributed by atoms with Crippen LogP contribution in [0.5, 0.6) is 11.5 Å². The summed E-state index contributed by atoms with van der Waals surface area (Å²) in [4.78, 5) is 27.5. The van der Waals surface area contributed by atoms with Crippen molar-refractivity contribution < 1.29 is 23.8 Å². The van der Waals surface area contributed by atoms with Crippen LogP contribution in [0.15, 0.2) is 28.2 Å². The summed E-state index contributed by atoms with van der Waals surface area (Å²) in [7, 11) is 3.05. The summed E-state index contributed by atoms with van der Waals surface area (Å²) < 4.78 is 16.1. The lowest BCUT2D eigenvalue weighted by Gasteiger charge is -2.09. The Balaban J connectivity index is 1.83. The van der Waals surface area contributed by atoms with Gasteiger partial charge in [0.25, 0.3) is 5.91 Å². The highest BCUT2D eigenvalue weighted by atomic mass is 79.9. The molecule has 2 aromatic rings. The largest absolute Gasteiger partial charge is 0.493 e. The van der Waals surface area contributed by atoms with Gasteiger partial charge in [-0.15, -0.1) is 0 Å². The van der Waals surface area contributed by atoms with Gasteiger partial charge < -0.3 is 14.2 Å². The fraction of sp³-hybridized carbons (Fsp3) is 0.267. The second kappa shape index (κ2) is 8.65. The second-order valence-corrected chi connectivity index (χ2v) is 6.95. The van der Waals surface area contributed by atoms with E-state index < -0.39 is 11.9 Å². The molecule has 2 rings (SSSR count). The van der Waals surface area contributed by atoms with Gasteiger partial charge in [-0.05, 0) is 33.6 Å². The zero-order valence-electron chi connectivity index (χ0n) is 13.0. The summed E-state index contributed by atoms with van der Waals surface area (Å²) in [5.41, 5.74) is 0.696. The Kier molecular flexibility index (Phi) is 6.56. The van der Waals surface area contributed by atoms with Gasteiger partial charge in [-0.25, -0.2) is 4.98 Å². The SMILES string of the molecule is COc1ccc(CC(=O)OCC(=O)Nc2ncc(Br)s2)cc1OC. The van der Waals surface area contributed by atoms with Crippen molar-refractivity contribution in [3.05, 3.63) is 33.7 Å². The molecule has 0 spiro atoms. The number of benzene rings is 1. The molecule has 0 atom stereocenters. The Bertz CT molecular complexity index is 734. The van der Waals surface area contributed by atoms with E-state index >= 15 is 0 Å². The van der Waals surface area contributed by atoms with Gasteiger partial charge in [-0.1, -0.05) is 17.4 Å². The zero-order valence-corrected chi connectivity index (χ0v) is 15.4. The molecule has 1 heterocycles. The number of ether oxygens (including phenoxy) is 3. The number of rotatable bonds is 7. The molecule has 24 heavy (non-hydrogen) atoms. The van der Waals surface area contributed by atoms with Gasteiger partial charge in [-0.2, -0.15) is 0 Å². The van der Waals surface area contributed by atoms with Crippen LogP contribution < -0.4 is 14.8 Å². The number of hydrogen-bond acceptors (Lipinski definition) is 7. The summed E-state index contributed by atoms with van der Waals surface area (Å²) in [6, 6.07) is 5.12. The number of esters is 1. The smallest absolute Gasteiger partial charge is 0.310 e. The number of amides is 1. The quantitative estimate of drug-likeness (QED) is 0.700. The van der Waals surface area contributed by atoms with Gasteiger partial charge in [0.2, 0.25) is 0 Å². The number of carbonyl (C=O) groups excluding carboxylic acids is 2. The molecule has 0 radical (unpaired) electrons. The number of hydrogen-bond donors (Lipinski definition) is 1. The lowest BCUT2D eigenvalue weighted by molar-refractivity contribution is -0.146. The van der Waals surface area contributed by atoms with Gasteiger partial charge >= 0.3 is 5.97 Å². The maximum absolute atomic E-state index is 11.8. The molecule has 0 bridgehead atoms. The third kappa shape index (κ3) is 5.20. The Morgan fingerprint density at radius 2 is 2.00 bits per heavy atom. The van der Waals surface area contributed by atoms with Crippen LogP contribution in [0.2, 0.25) is 0 Å². The van der Waals surface area contributed by atoms with Gasteiger partial charge in [0.05, 0.1) is 30.6 Å². The van der Waals surface area contributed by atoms with E-state index in [1.54, 1.807) is 24.4 Å². The van der Waals surface area contributed by atoms with E-state index in [0.29, 0.717) is 22.2 Å². The van der Waals surface area contributed by atoms with Crippen molar-refractivity contribution in [1.29, 1.82) is 0 Å². The molecule has 0 aliphatic carbocycles. The summed E-state index contributed by atoms with van der Waals surface area (Å²) in [6.45, 7) is -0.372. The van der Waals surface area contributed by atoms with E-state index in [-0.39, 0.29) is 13.0 Å². The average Bonchev–Trinajstić information content (AvgIpc) is 2.97. The lowest BCUT2D eigenvalue weighted by Crippen LogP contribution is -2.21. The summed E-state index contributed by atoms with van der Waals surface area (Å²) in [6.07, 6.45) is 1.60. The predicted molar refractivity (Wildman–Crippen MR) is 92.7 cm³/mol. The van der Waals surface area contributed by atoms with E-state index in [2.05, 4.69) is 26.2 Å².